The Morgan fingerprint density at radius 3 is 2.70 bits per heavy atom. The van der Waals surface area contributed by atoms with Crippen molar-refractivity contribution in [3.05, 3.63) is 29.8 Å². The molecular weight excluding hydrogens is 128 g/mol. The van der Waals surface area contributed by atoms with Crippen LogP contribution in [0.1, 0.15) is 10.4 Å². The Balaban J connectivity index is 2.70. The van der Waals surface area contributed by atoms with Crippen molar-refractivity contribution < 1.29 is 4.79 Å². The van der Waals surface area contributed by atoms with Crippen LogP contribution in [0.4, 0.5) is 5.69 Å². The normalized spacial score (nSPS) is 13.8. The highest BCUT2D eigenvalue weighted by atomic mass is 16.2. The molecule has 3 heteroatoms. The summed E-state index contributed by atoms with van der Waals surface area (Å²) in [6, 6.07) is 7.12. The van der Waals surface area contributed by atoms with E-state index in [-0.39, 0.29) is 5.91 Å². The fraction of sp³-hybridized carbons (Fsp3) is 0. The fourth-order valence-electron chi connectivity index (χ4n) is 0.895. The van der Waals surface area contributed by atoms with Crippen LogP contribution in [0.3, 0.4) is 0 Å². The van der Waals surface area contributed by atoms with Crippen LogP contribution in [0.25, 0.3) is 0 Å². The molecule has 10 heavy (non-hydrogen) atoms. The largest absolute Gasteiger partial charge is 0.297 e. The summed E-state index contributed by atoms with van der Waals surface area (Å²) in [5.74, 6) is -0.240. The number of hydrogen-bond acceptors (Lipinski definition) is 2. The predicted molar refractivity (Wildman–Crippen MR) is 35.3 cm³/mol. The first-order valence-corrected chi connectivity index (χ1v) is 2.93. The van der Waals surface area contributed by atoms with Gasteiger partial charge in [0, 0.05) is 0 Å². The average molecular weight is 132 g/mol. The maximum Gasteiger partial charge on any atom is 0.297 e. The Labute approximate surface area is 57.4 Å². The first kappa shape index (κ1) is 5.29. The van der Waals surface area contributed by atoms with Gasteiger partial charge in [0.1, 0.15) is 0 Å². The molecule has 1 heterocycles. The highest BCUT2D eigenvalue weighted by molar-refractivity contribution is 6.01. The molecular formula is C7H4N2O. The highest BCUT2D eigenvalue weighted by Crippen LogP contribution is 2.25. The average Bonchev–Trinajstić information content (AvgIpc) is 2.34. The number of carbonyl (C=O) groups is 1. The van der Waals surface area contributed by atoms with E-state index in [0.29, 0.717) is 11.3 Å². The molecule has 1 aromatic carbocycles. The van der Waals surface area contributed by atoms with Gasteiger partial charge in [0.2, 0.25) is 0 Å². The van der Waals surface area contributed by atoms with Crippen molar-refractivity contribution in [2.45, 2.75) is 0 Å². The molecule has 0 bridgehead atoms. The molecule has 1 aromatic rings. The predicted octanol–water partition coefficient (Wildman–Crippen LogP) is 1.92. The smallest absolute Gasteiger partial charge is 0.265 e. The second-order valence-corrected chi connectivity index (χ2v) is 2.02. The summed E-state index contributed by atoms with van der Waals surface area (Å²) in [7, 11) is 0. The van der Waals surface area contributed by atoms with E-state index in [1.807, 2.05) is 6.07 Å². The van der Waals surface area contributed by atoms with Crippen LogP contribution in [-0.4, -0.2) is 5.91 Å². The summed E-state index contributed by atoms with van der Waals surface area (Å²) in [6.45, 7) is 0. The van der Waals surface area contributed by atoms with Gasteiger partial charge in [-0.25, -0.2) is 0 Å². The van der Waals surface area contributed by atoms with Gasteiger partial charge in [-0.1, -0.05) is 12.1 Å². The van der Waals surface area contributed by atoms with Gasteiger partial charge in [0.25, 0.3) is 5.91 Å². The summed E-state index contributed by atoms with van der Waals surface area (Å²) in [5.41, 5.74) is 1.27. The summed E-state index contributed by atoms with van der Waals surface area (Å²) in [5, 5.41) is 7.05. The van der Waals surface area contributed by atoms with E-state index in [4.69, 9.17) is 0 Å². The van der Waals surface area contributed by atoms with Crippen molar-refractivity contribution in [3.8, 4) is 0 Å². The third-order valence-corrected chi connectivity index (χ3v) is 1.38. The number of benzene rings is 1. The molecule has 1 aliphatic heterocycles. The number of amides is 1. The van der Waals surface area contributed by atoms with Gasteiger partial charge in [-0.3, -0.25) is 4.79 Å². The Kier molecular flexibility index (Phi) is 0.917. The SMILES string of the molecule is O=C1N=Nc2ccccc21. The highest BCUT2D eigenvalue weighted by Gasteiger charge is 2.14. The molecule has 0 radical (unpaired) electrons. The maximum absolute atomic E-state index is 10.8. The molecule has 0 atom stereocenters. The molecule has 0 unspecified atom stereocenters. The lowest BCUT2D eigenvalue weighted by molar-refractivity contribution is 0.100. The zero-order chi connectivity index (χ0) is 6.97. The van der Waals surface area contributed by atoms with Gasteiger partial charge in [-0.15, -0.1) is 10.2 Å². The monoisotopic (exact) mass is 132 g/mol. The minimum absolute atomic E-state index is 0.240. The summed E-state index contributed by atoms with van der Waals surface area (Å²) >= 11 is 0. The van der Waals surface area contributed by atoms with Crippen molar-refractivity contribution in [2.24, 2.45) is 10.2 Å². The number of azo groups is 1. The van der Waals surface area contributed by atoms with Crippen molar-refractivity contribution in [3.63, 3.8) is 0 Å². The molecule has 3 nitrogen and oxygen atoms in total. The van der Waals surface area contributed by atoms with Crippen LogP contribution >= 0.6 is 0 Å². The van der Waals surface area contributed by atoms with E-state index in [9.17, 15) is 4.79 Å². The van der Waals surface area contributed by atoms with E-state index in [2.05, 4.69) is 10.2 Å². The molecule has 2 rings (SSSR count). The van der Waals surface area contributed by atoms with Crippen LogP contribution in [0, 0.1) is 0 Å². The molecule has 0 aliphatic carbocycles. The van der Waals surface area contributed by atoms with Gasteiger partial charge >= 0.3 is 0 Å². The van der Waals surface area contributed by atoms with Gasteiger partial charge < -0.3 is 0 Å². The van der Waals surface area contributed by atoms with Crippen molar-refractivity contribution in [2.75, 3.05) is 0 Å². The van der Waals surface area contributed by atoms with E-state index >= 15 is 0 Å². The summed E-state index contributed by atoms with van der Waals surface area (Å²) < 4.78 is 0. The van der Waals surface area contributed by atoms with Crippen LogP contribution in [0.5, 0.6) is 0 Å². The summed E-state index contributed by atoms with van der Waals surface area (Å²) in [6.07, 6.45) is 0. The van der Waals surface area contributed by atoms with Gasteiger partial charge in [0.05, 0.1) is 11.3 Å². The number of carbonyl (C=O) groups excluding carboxylic acids is 1. The third-order valence-electron chi connectivity index (χ3n) is 1.38. The first-order chi connectivity index (χ1) is 4.88. The van der Waals surface area contributed by atoms with Crippen molar-refractivity contribution >= 4 is 11.6 Å². The van der Waals surface area contributed by atoms with E-state index in [1.54, 1.807) is 18.2 Å². The summed E-state index contributed by atoms with van der Waals surface area (Å²) in [4.78, 5) is 10.8. The molecule has 0 fully saturated rings. The van der Waals surface area contributed by atoms with E-state index < -0.39 is 0 Å². The standard InChI is InChI=1S/C7H4N2O/c10-7-5-3-1-2-4-6(5)8-9-7/h1-4H. The zero-order valence-electron chi connectivity index (χ0n) is 5.11. The van der Waals surface area contributed by atoms with Crippen molar-refractivity contribution in [1.82, 2.24) is 0 Å². The van der Waals surface area contributed by atoms with E-state index in [0.717, 1.165) is 0 Å². The lowest BCUT2D eigenvalue weighted by Gasteiger charge is -1.87. The quantitative estimate of drug-likeness (QED) is 0.531. The van der Waals surface area contributed by atoms with Crippen molar-refractivity contribution in [1.29, 1.82) is 0 Å². The van der Waals surface area contributed by atoms with Crippen LogP contribution in [-0.2, 0) is 0 Å². The lowest BCUT2D eigenvalue weighted by Crippen LogP contribution is -1.86. The minimum atomic E-state index is -0.240. The molecule has 0 spiro atoms. The maximum atomic E-state index is 10.8. The third kappa shape index (κ3) is 0.572. The molecule has 0 saturated carbocycles. The Morgan fingerprint density at radius 2 is 1.90 bits per heavy atom. The number of fused-ring (bicyclic) bond motifs is 1. The Morgan fingerprint density at radius 1 is 1.10 bits per heavy atom. The minimum Gasteiger partial charge on any atom is -0.265 e. The molecule has 48 valence electrons. The van der Waals surface area contributed by atoms with Gasteiger partial charge in [0.15, 0.2) is 0 Å². The zero-order valence-corrected chi connectivity index (χ0v) is 5.11. The number of rotatable bonds is 0. The molecule has 0 aromatic heterocycles. The Hall–Kier alpha value is -1.51. The molecule has 0 N–H and O–H groups in total. The van der Waals surface area contributed by atoms with Crippen LogP contribution < -0.4 is 0 Å². The molecule has 0 saturated heterocycles. The van der Waals surface area contributed by atoms with Crippen LogP contribution in [0.2, 0.25) is 0 Å². The van der Waals surface area contributed by atoms with Crippen LogP contribution in [0.15, 0.2) is 34.5 Å². The number of nitrogens with zero attached hydrogens (tertiary/aromatic N) is 2. The number of hydrogen-bond donors (Lipinski definition) is 0. The van der Waals surface area contributed by atoms with Gasteiger partial charge in [-0.05, 0) is 12.1 Å². The first-order valence-electron chi connectivity index (χ1n) is 2.93. The molecule has 1 amide bonds. The second kappa shape index (κ2) is 1.73. The topological polar surface area (TPSA) is 41.8 Å². The second-order valence-electron chi connectivity index (χ2n) is 2.02. The van der Waals surface area contributed by atoms with Gasteiger partial charge in [-0.2, -0.15) is 0 Å². The molecule has 1 aliphatic rings. The lowest BCUT2D eigenvalue weighted by atomic mass is 10.2. The Bertz CT molecular complexity index is 317. The van der Waals surface area contributed by atoms with E-state index in [1.165, 1.54) is 0 Å². The fourth-order valence-corrected chi connectivity index (χ4v) is 0.895.